The summed E-state index contributed by atoms with van der Waals surface area (Å²) in [6.07, 6.45) is 6.35. The minimum Gasteiger partial charge on any atom is -0.308 e. The van der Waals surface area contributed by atoms with E-state index < -0.39 is 0 Å². The highest BCUT2D eigenvalue weighted by Gasteiger charge is 2.27. The van der Waals surface area contributed by atoms with Crippen LogP contribution in [-0.4, -0.2) is 18.9 Å². The predicted octanol–water partition coefficient (Wildman–Crippen LogP) is 12.9. The monoisotopic (exact) mass is 676 g/mol. The van der Waals surface area contributed by atoms with Gasteiger partial charge in [-0.25, -0.2) is 9.97 Å². The first-order valence-corrected chi connectivity index (χ1v) is 18.1. The molecule has 4 heteroatoms. The van der Waals surface area contributed by atoms with Gasteiger partial charge in [-0.15, -0.1) is 0 Å². The van der Waals surface area contributed by atoms with Gasteiger partial charge in [-0.2, -0.15) is 0 Å². The van der Waals surface area contributed by atoms with E-state index in [1.165, 1.54) is 59.9 Å². The van der Waals surface area contributed by atoms with Crippen molar-refractivity contribution in [3.63, 3.8) is 0 Å². The number of allylic oxidation sites excluding steroid dienone is 1. The molecule has 4 aromatic heterocycles. The molecule has 0 bridgehead atoms. The van der Waals surface area contributed by atoms with Crippen molar-refractivity contribution in [1.29, 1.82) is 0 Å². The molecule has 0 atom stereocenters. The first kappa shape index (κ1) is 29.7. The van der Waals surface area contributed by atoms with Crippen LogP contribution in [0.25, 0.3) is 111 Å². The number of hydrogen-bond donors (Lipinski definition) is 0. The zero-order valence-corrected chi connectivity index (χ0v) is 29.1. The highest BCUT2D eigenvalue weighted by atomic mass is 15.1. The van der Waals surface area contributed by atoms with Gasteiger partial charge in [0, 0.05) is 43.4 Å². The average molecular weight is 677 g/mol. The number of benzene rings is 7. The van der Waals surface area contributed by atoms with Crippen LogP contribution in [0.15, 0.2) is 158 Å². The second-order valence-corrected chi connectivity index (χ2v) is 13.7. The van der Waals surface area contributed by atoms with Crippen LogP contribution in [0, 0.1) is 0 Å². The van der Waals surface area contributed by atoms with Crippen LogP contribution in [0.2, 0.25) is 0 Å². The summed E-state index contributed by atoms with van der Waals surface area (Å²) in [7, 11) is 0. The van der Waals surface area contributed by atoms with E-state index in [1.54, 1.807) is 0 Å². The lowest BCUT2D eigenvalue weighted by molar-refractivity contribution is 1.08. The summed E-state index contributed by atoms with van der Waals surface area (Å²) < 4.78 is 4.80. The summed E-state index contributed by atoms with van der Waals surface area (Å²) in [5, 5.41) is 9.56. The summed E-state index contributed by atoms with van der Waals surface area (Å²) in [5.74, 6) is 1.56. The van der Waals surface area contributed by atoms with Crippen LogP contribution in [0.1, 0.15) is 18.2 Å². The zero-order valence-electron chi connectivity index (χ0n) is 29.1. The lowest BCUT2D eigenvalue weighted by atomic mass is 9.98. The Hall–Kier alpha value is -7.04. The Morgan fingerprint density at radius 3 is 2.06 bits per heavy atom. The van der Waals surface area contributed by atoms with Crippen LogP contribution >= 0.6 is 0 Å². The fourth-order valence-electron chi connectivity index (χ4n) is 8.71. The quantitative estimate of drug-likeness (QED) is 0.182. The number of aromatic nitrogens is 4. The Labute approximate surface area is 305 Å². The van der Waals surface area contributed by atoms with Gasteiger partial charge in [0.2, 0.25) is 0 Å². The largest absolute Gasteiger partial charge is 0.308 e. The van der Waals surface area contributed by atoms with Crippen molar-refractivity contribution in [3.05, 3.63) is 170 Å². The van der Waals surface area contributed by atoms with Crippen molar-refractivity contribution in [2.24, 2.45) is 0 Å². The van der Waals surface area contributed by atoms with Gasteiger partial charge in [0.25, 0.3) is 0 Å². The van der Waals surface area contributed by atoms with E-state index in [4.69, 9.17) is 9.97 Å². The number of para-hydroxylation sites is 2. The SMILES string of the molecule is C=Cc1c(/C=C\C)c2cc3c(c4c5ccccc5ccc4n3-c3nc(-c4ccc(-c5ccccc5)cc4)nc4ccccc34)c3c4ccccc4n1c23. The minimum absolute atomic E-state index is 0.694. The van der Waals surface area contributed by atoms with Gasteiger partial charge in [-0.1, -0.05) is 134 Å². The molecule has 53 heavy (non-hydrogen) atoms. The fourth-order valence-corrected chi connectivity index (χ4v) is 8.71. The van der Waals surface area contributed by atoms with Crippen LogP contribution in [-0.2, 0) is 0 Å². The molecular formula is C49H32N4. The topological polar surface area (TPSA) is 35.1 Å². The van der Waals surface area contributed by atoms with Gasteiger partial charge < -0.3 is 4.40 Å². The number of nitrogens with zero attached hydrogens (tertiary/aromatic N) is 4. The molecule has 11 rings (SSSR count). The Morgan fingerprint density at radius 1 is 0.547 bits per heavy atom. The molecule has 0 unspecified atom stereocenters. The second-order valence-electron chi connectivity index (χ2n) is 13.7. The van der Waals surface area contributed by atoms with Gasteiger partial charge in [-0.05, 0) is 65.2 Å². The van der Waals surface area contributed by atoms with Crippen LogP contribution in [0.5, 0.6) is 0 Å². The molecule has 0 N–H and O–H groups in total. The Bertz CT molecular complexity index is 3290. The van der Waals surface area contributed by atoms with E-state index in [0.29, 0.717) is 5.82 Å². The number of hydrogen-bond acceptors (Lipinski definition) is 2. The second kappa shape index (κ2) is 11.2. The third kappa shape index (κ3) is 4.12. The molecule has 0 spiro atoms. The Morgan fingerprint density at radius 2 is 1.25 bits per heavy atom. The average Bonchev–Trinajstić information content (AvgIpc) is 3.85. The molecule has 0 fully saturated rings. The van der Waals surface area contributed by atoms with Crippen LogP contribution in [0.3, 0.4) is 0 Å². The van der Waals surface area contributed by atoms with Crippen LogP contribution in [0.4, 0.5) is 0 Å². The molecule has 0 radical (unpaired) electrons. The lowest BCUT2D eigenvalue weighted by Crippen LogP contribution is -2.02. The van der Waals surface area contributed by atoms with Gasteiger partial charge in [0.1, 0.15) is 5.82 Å². The standard InChI is InChI=1S/C49H32N4/c1-3-14-35-38-29-43-46(45-37-20-11-13-22-41(37)52(47(38)45)40(35)4-2)44-34-18-9-8-17-32(34)27-28-42(44)53(43)49-36-19-10-12-21-39(36)50-48(51-49)33-25-23-31(24-26-33)30-15-6-5-7-16-30/h3-29H,2H2,1H3/b14-3-. The van der Waals surface area contributed by atoms with Gasteiger partial charge in [-0.3, -0.25) is 4.57 Å². The van der Waals surface area contributed by atoms with E-state index in [2.05, 4.69) is 174 Å². The summed E-state index contributed by atoms with van der Waals surface area (Å²) >= 11 is 0. The molecule has 11 aromatic rings. The Balaban J connectivity index is 1.32. The van der Waals surface area contributed by atoms with Gasteiger partial charge >= 0.3 is 0 Å². The van der Waals surface area contributed by atoms with Crippen molar-refractivity contribution < 1.29 is 0 Å². The normalized spacial score (nSPS) is 12.2. The third-order valence-electron chi connectivity index (χ3n) is 10.9. The smallest absolute Gasteiger partial charge is 0.162 e. The maximum absolute atomic E-state index is 5.49. The summed E-state index contributed by atoms with van der Waals surface area (Å²) in [6, 6.07) is 51.9. The molecular weight excluding hydrogens is 645 g/mol. The number of fused-ring (bicyclic) bond motifs is 10. The minimum atomic E-state index is 0.694. The van der Waals surface area contributed by atoms with Crippen molar-refractivity contribution in [2.45, 2.75) is 6.92 Å². The fraction of sp³-hybridized carbons (Fsp3) is 0.0204. The maximum Gasteiger partial charge on any atom is 0.162 e. The first-order valence-electron chi connectivity index (χ1n) is 18.1. The van der Waals surface area contributed by atoms with Crippen molar-refractivity contribution in [3.8, 4) is 28.3 Å². The molecule has 0 saturated carbocycles. The summed E-state index contributed by atoms with van der Waals surface area (Å²) in [6.45, 7) is 6.39. The molecule has 4 nitrogen and oxygen atoms in total. The van der Waals surface area contributed by atoms with E-state index in [9.17, 15) is 0 Å². The molecule has 0 saturated heterocycles. The molecule has 0 aliphatic carbocycles. The third-order valence-corrected chi connectivity index (χ3v) is 10.9. The lowest BCUT2D eigenvalue weighted by Gasteiger charge is -2.13. The van der Waals surface area contributed by atoms with E-state index in [-0.39, 0.29) is 0 Å². The van der Waals surface area contributed by atoms with E-state index in [1.807, 2.05) is 12.1 Å². The van der Waals surface area contributed by atoms with Crippen molar-refractivity contribution in [2.75, 3.05) is 0 Å². The summed E-state index contributed by atoms with van der Waals surface area (Å²) in [5.41, 5.74) is 11.1. The highest BCUT2D eigenvalue weighted by Crippen LogP contribution is 2.48. The van der Waals surface area contributed by atoms with Crippen molar-refractivity contribution in [1.82, 2.24) is 18.9 Å². The molecule has 0 aliphatic rings. The molecule has 4 heterocycles. The van der Waals surface area contributed by atoms with Crippen molar-refractivity contribution >= 4 is 82.8 Å². The van der Waals surface area contributed by atoms with Gasteiger partial charge in [0.05, 0.1) is 33.3 Å². The maximum atomic E-state index is 5.49. The van der Waals surface area contributed by atoms with E-state index in [0.717, 1.165) is 44.6 Å². The number of rotatable bonds is 5. The van der Waals surface area contributed by atoms with E-state index >= 15 is 0 Å². The molecule has 7 aromatic carbocycles. The first-order chi connectivity index (χ1) is 26.2. The molecule has 248 valence electrons. The highest BCUT2D eigenvalue weighted by molar-refractivity contribution is 6.36. The molecule has 0 aliphatic heterocycles. The zero-order chi connectivity index (χ0) is 35.2. The summed E-state index contributed by atoms with van der Waals surface area (Å²) in [4.78, 5) is 10.6. The predicted molar refractivity (Wildman–Crippen MR) is 224 cm³/mol. The Kier molecular flexibility index (Phi) is 6.29. The molecule has 0 amide bonds. The van der Waals surface area contributed by atoms with Crippen LogP contribution < -0.4 is 0 Å². The van der Waals surface area contributed by atoms with Gasteiger partial charge in [0.15, 0.2) is 5.82 Å².